The number of hydrogen-bond acceptors (Lipinski definition) is 25. The van der Waals surface area contributed by atoms with E-state index in [9.17, 15) is 68.2 Å². The Kier molecular flexibility index (Phi) is 27.4. The summed E-state index contributed by atoms with van der Waals surface area (Å²) in [5.41, 5.74) is 41.6. The molecule has 1 unspecified atom stereocenters. The van der Waals surface area contributed by atoms with E-state index in [0.717, 1.165) is 22.1 Å². The number of aliphatic hydroxyl groups excluding tert-OH is 5. The molecule has 3 saturated heterocycles. The van der Waals surface area contributed by atoms with E-state index in [-0.39, 0.29) is 105 Å². The van der Waals surface area contributed by atoms with Gasteiger partial charge in [-0.05, 0) is 119 Å². The SMILES string of the molecule is C/C1=C2/[N-][C@H]([C@H](CC(N)=O)[C@@]2(C)CCC(=O)NC[C@@H](C)OP(=O)([O-])O[C@H]2[C@@H](O)[C@@H](n3cnc4cc(C)c(C)cc43)O[C@@H]2CO)[C@]2(C)N=C(/C(C)=C3N=C(/C=C4N=C1[C@@H](CCC(N)=O)C\4(C)C)[C@@H](CCC(N)=O)[C@]\3(C)CC(N)=O)[C@@H](CCC(N)=O)[C@]2(C)CC(N)=O.NC(=O)c1ncn([C@@H]2O[C@H](CO)[C@@H](O)[C@H]2O)n1.O.[Co+2]. The van der Waals surface area contributed by atoms with Gasteiger partial charge in [0.05, 0.1) is 47.9 Å². The molecular weight excluding hydrogens is 1490 g/mol. The summed E-state index contributed by atoms with van der Waals surface area (Å²) in [6, 6.07) is 2.65. The van der Waals surface area contributed by atoms with E-state index < -0.39 is 180 Å². The monoisotopic (exact) mass is 1590 g/mol. The predicted molar refractivity (Wildman–Crippen MR) is 387 cm³/mol. The number of allylic oxidation sites excluding steroid dienone is 6. The summed E-state index contributed by atoms with van der Waals surface area (Å²) >= 11 is 0. The first-order valence-electron chi connectivity index (χ1n) is 35.4. The molecule has 22 N–H and O–H groups in total. The number of rotatable bonds is 29. The second-order valence-electron chi connectivity index (χ2n) is 30.6. The molecule has 0 spiro atoms. The molecule has 8 amide bonds. The molecule has 39 heteroatoms. The molecule has 9 heterocycles. The molecule has 2 aromatic heterocycles. The largest absolute Gasteiger partial charge is 2.00 e. The quantitative estimate of drug-likeness (QED) is 0.0389. The molecule has 37 nitrogen and oxygen atoms in total. The summed E-state index contributed by atoms with van der Waals surface area (Å²) in [5.74, 6) is -8.43. The Morgan fingerprint density at radius 3 is 1.85 bits per heavy atom. The van der Waals surface area contributed by atoms with Gasteiger partial charge in [0.2, 0.25) is 47.2 Å². The summed E-state index contributed by atoms with van der Waals surface area (Å²) in [6.07, 6.45) is -8.05. The smallest absolute Gasteiger partial charge is 0.756 e. The second-order valence-corrected chi connectivity index (χ2v) is 31.9. The average Bonchev–Trinajstić information content (AvgIpc) is 1.53. The van der Waals surface area contributed by atoms with Crippen LogP contribution in [0.15, 0.2) is 74.1 Å². The molecular formula is C70H102CoN17O20P. The molecule has 7 aliphatic heterocycles. The van der Waals surface area contributed by atoms with Crippen LogP contribution in [0.3, 0.4) is 0 Å². The number of ether oxygens (including phenoxy) is 2. The number of hydrogen-bond donors (Lipinski definition) is 13. The van der Waals surface area contributed by atoms with Crippen LogP contribution in [0.25, 0.3) is 16.4 Å². The van der Waals surface area contributed by atoms with Crippen molar-refractivity contribution in [1.29, 1.82) is 0 Å². The number of nitrogens with two attached hydrogens (primary N) is 7. The molecule has 109 heavy (non-hydrogen) atoms. The van der Waals surface area contributed by atoms with Gasteiger partial charge in [-0.25, -0.2) is 14.6 Å². The minimum atomic E-state index is -5.32. The third-order valence-electron chi connectivity index (χ3n) is 23.0. The molecule has 19 atom stereocenters. The molecule has 7 aliphatic rings. The topological polar surface area (TPSA) is 640 Å². The molecule has 3 fully saturated rings. The van der Waals surface area contributed by atoms with Gasteiger partial charge in [0.15, 0.2) is 12.5 Å². The van der Waals surface area contributed by atoms with Gasteiger partial charge in [-0.3, -0.25) is 57.9 Å². The molecule has 0 saturated carbocycles. The number of benzene rings is 1. The Balaban J connectivity index is 0.000000762. The fourth-order valence-electron chi connectivity index (χ4n) is 16.9. The van der Waals surface area contributed by atoms with Gasteiger partial charge in [-0.15, -0.1) is 5.10 Å². The molecule has 8 bridgehead atoms. The van der Waals surface area contributed by atoms with Crippen LogP contribution in [-0.2, 0) is 73.4 Å². The van der Waals surface area contributed by atoms with Crippen molar-refractivity contribution in [3.63, 3.8) is 0 Å². The van der Waals surface area contributed by atoms with E-state index in [2.05, 4.69) is 20.4 Å². The van der Waals surface area contributed by atoms with Crippen molar-refractivity contribution in [2.45, 2.75) is 214 Å². The van der Waals surface area contributed by atoms with Gasteiger partial charge >= 0.3 is 16.8 Å². The van der Waals surface area contributed by atoms with Crippen LogP contribution in [0.1, 0.15) is 167 Å². The van der Waals surface area contributed by atoms with Crippen molar-refractivity contribution < 1.29 is 114 Å². The third kappa shape index (κ3) is 17.5. The first-order chi connectivity index (χ1) is 49.9. The number of imidazole rings is 1. The number of carbonyl (C=O) groups is 8. The number of nitrogens with zero attached hydrogens (tertiary/aromatic N) is 9. The number of aliphatic imine (C=N–C) groups is 3. The number of primary amides is 7. The van der Waals surface area contributed by atoms with E-state index in [1.807, 2.05) is 80.5 Å². The number of aliphatic hydroxyl groups is 5. The summed E-state index contributed by atoms with van der Waals surface area (Å²) in [7, 11) is -5.32. The number of fused-ring (bicyclic) bond motifs is 7. The van der Waals surface area contributed by atoms with E-state index in [1.165, 1.54) is 17.8 Å². The molecule has 601 valence electrons. The van der Waals surface area contributed by atoms with Crippen LogP contribution in [0, 0.1) is 59.2 Å². The number of aryl methyl sites for hydroxylation is 2. The molecule has 1 aromatic carbocycles. The van der Waals surface area contributed by atoms with E-state index in [0.29, 0.717) is 56.4 Å². The van der Waals surface area contributed by atoms with Gasteiger partial charge in [0.25, 0.3) is 13.7 Å². The normalized spacial score (nSPS) is 33.4. The number of aromatic nitrogens is 5. The number of phosphoric ester groups is 1. The van der Waals surface area contributed by atoms with Crippen molar-refractivity contribution >= 4 is 83.2 Å². The molecule has 1 radical (unpaired) electrons. The number of amides is 8. The zero-order valence-electron chi connectivity index (χ0n) is 62.7. The fraction of sp³-hybridized carbons (Fsp3) is 0.629. The van der Waals surface area contributed by atoms with Gasteiger partial charge in [-0.2, -0.15) is 5.70 Å². The van der Waals surface area contributed by atoms with Gasteiger partial charge in [-0.1, -0.05) is 40.7 Å². The van der Waals surface area contributed by atoms with Crippen LogP contribution in [-0.4, -0.2) is 194 Å². The Bertz CT molecular complexity index is 4290. The van der Waals surface area contributed by atoms with Crippen molar-refractivity contribution in [3.05, 3.63) is 81.4 Å². The second kappa shape index (κ2) is 33.9. The average molecular weight is 1590 g/mol. The number of carbonyl (C=O) groups excluding carboxylic acids is 8. The van der Waals surface area contributed by atoms with Crippen LogP contribution in [0.2, 0.25) is 0 Å². The summed E-state index contributed by atoms with van der Waals surface area (Å²) < 4.78 is 38.1. The van der Waals surface area contributed by atoms with Crippen molar-refractivity contribution in [3.8, 4) is 0 Å². The van der Waals surface area contributed by atoms with Gasteiger partial charge in [0.1, 0.15) is 43.0 Å². The zero-order valence-corrected chi connectivity index (χ0v) is 64.6. The maximum atomic E-state index is 14.4. The zero-order chi connectivity index (χ0) is 79.3. The first kappa shape index (κ1) is 88.1. The maximum absolute atomic E-state index is 14.4. The van der Waals surface area contributed by atoms with E-state index >= 15 is 0 Å². The standard InChI is InChI=1S/C62H90N13O14P.C8H12N4O5.Co.H2O/c1-29-20-39-40(21-30(29)2)75(28-70-39)57-52(84)53(41(27-76)87-57)89-90(85,86)88-31(3)26-69-49(83)18-19-59(8)37(22-46(66)80)56-62(11)61(10,25-48(68)82)36(14-17-45(65)79)51(74-62)33(5)55-60(9,24-47(67)81)34(12-15-43(63)77)38(71-55)23-42-58(6,7)35(13-16-44(64)78)50(72-42)32(4)54(59)73-56;9-6(16)7-10-2-12(11-7)8-5(15)4(14)3(1-13)17-8;;/h20-21,23,28,31,34-37,41,52-53,56-57,76,84H,12-19,22,24-27H2,1-11H3,(H15,63,64,65,66,67,68,69,71,72,73,74,77,78,79,80,81,82,83,85,86);2-5,8,13-15H,1H2,(H2,9,16);;1H2/q;;+2;/p-2/t31-,34-,35-,36-,37+,41-,52-,53-,56-,57+,59-,60+,61+,62+;3-,4-,5-,8-;;/m11../s1. The summed E-state index contributed by atoms with van der Waals surface area (Å²) in [4.78, 5) is 142. The van der Waals surface area contributed by atoms with Gasteiger partial charge in [0, 0.05) is 108 Å². The molecule has 10 rings (SSSR count). The van der Waals surface area contributed by atoms with Crippen molar-refractivity contribution in [2.75, 3.05) is 19.8 Å². The Labute approximate surface area is 639 Å². The first-order valence-corrected chi connectivity index (χ1v) is 36.8. The van der Waals surface area contributed by atoms with E-state index in [1.54, 1.807) is 6.92 Å². The number of nitrogens with one attached hydrogen (secondary N) is 1. The van der Waals surface area contributed by atoms with Crippen LogP contribution in [0.5, 0.6) is 0 Å². The third-order valence-corrected chi connectivity index (χ3v) is 24.1. The Morgan fingerprint density at radius 2 is 1.29 bits per heavy atom. The van der Waals surface area contributed by atoms with Gasteiger partial charge < -0.3 is 110 Å². The minimum absolute atomic E-state index is 0. The Hall–Kier alpha value is -8.08. The molecule has 0 aliphatic carbocycles. The summed E-state index contributed by atoms with van der Waals surface area (Å²) in [6.45, 7) is 18.5. The van der Waals surface area contributed by atoms with Crippen LogP contribution in [0.4, 0.5) is 0 Å². The maximum Gasteiger partial charge on any atom is 2.00 e. The van der Waals surface area contributed by atoms with Crippen molar-refractivity contribution in [1.82, 2.24) is 29.6 Å². The van der Waals surface area contributed by atoms with Crippen LogP contribution < -0.4 is 50.3 Å². The number of phosphoric acid groups is 1. The predicted octanol–water partition coefficient (Wildman–Crippen LogP) is -0.523. The fourth-order valence-corrected chi connectivity index (χ4v) is 18.1. The minimum Gasteiger partial charge on any atom is -0.756 e. The van der Waals surface area contributed by atoms with E-state index in [4.69, 9.17) is 84.1 Å². The molecule has 3 aromatic rings. The summed E-state index contributed by atoms with van der Waals surface area (Å²) in [5, 5.41) is 61.9. The van der Waals surface area contributed by atoms with Crippen molar-refractivity contribution in [2.24, 2.45) is 100 Å². The Morgan fingerprint density at radius 1 is 0.706 bits per heavy atom. The van der Waals surface area contributed by atoms with Crippen LogP contribution >= 0.6 is 7.82 Å².